The highest BCUT2D eigenvalue weighted by Gasteiger charge is 2.14. The van der Waals surface area contributed by atoms with Crippen molar-refractivity contribution in [3.8, 4) is 0 Å². The van der Waals surface area contributed by atoms with Crippen LogP contribution < -0.4 is 5.32 Å². The van der Waals surface area contributed by atoms with Gasteiger partial charge in [-0.2, -0.15) is 0 Å². The van der Waals surface area contributed by atoms with E-state index in [1.165, 1.54) is 18.6 Å². The van der Waals surface area contributed by atoms with Gasteiger partial charge in [0, 0.05) is 24.5 Å². The van der Waals surface area contributed by atoms with Crippen molar-refractivity contribution in [1.82, 2.24) is 9.97 Å². The van der Waals surface area contributed by atoms with E-state index in [9.17, 15) is 13.2 Å². The molecule has 0 aliphatic carbocycles. The second kappa shape index (κ2) is 5.03. The van der Waals surface area contributed by atoms with E-state index < -0.39 is 23.5 Å². The standard InChI is InChI=1S/C12H10F3N3/c1-7(11-6-16-2-3-17-11)18-10-5-8(13)4-9(14)12(10)15/h2-7,18H,1H3. The first-order valence-corrected chi connectivity index (χ1v) is 5.25. The maximum absolute atomic E-state index is 13.4. The summed E-state index contributed by atoms with van der Waals surface area (Å²) < 4.78 is 39.4. The molecule has 1 N–H and O–H groups in total. The highest BCUT2D eigenvalue weighted by Crippen LogP contribution is 2.23. The minimum Gasteiger partial charge on any atom is -0.374 e. The Kier molecular flexibility index (Phi) is 3.45. The number of nitrogens with zero attached hydrogens (tertiary/aromatic N) is 2. The topological polar surface area (TPSA) is 37.8 Å². The van der Waals surface area contributed by atoms with Gasteiger partial charge < -0.3 is 5.32 Å². The molecular formula is C12H10F3N3. The van der Waals surface area contributed by atoms with Gasteiger partial charge in [0.15, 0.2) is 11.6 Å². The van der Waals surface area contributed by atoms with Crippen LogP contribution in [0.4, 0.5) is 18.9 Å². The SMILES string of the molecule is CC(Nc1cc(F)cc(F)c1F)c1cnccn1. The van der Waals surface area contributed by atoms with Crippen LogP contribution in [0.3, 0.4) is 0 Å². The summed E-state index contributed by atoms with van der Waals surface area (Å²) in [5, 5.41) is 2.65. The molecule has 0 radical (unpaired) electrons. The van der Waals surface area contributed by atoms with Gasteiger partial charge in [-0.3, -0.25) is 9.97 Å². The number of benzene rings is 1. The van der Waals surface area contributed by atoms with E-state index in [1.54, 1.807) is 6.92 Å². The number of hydrogen-bond donors (Lipinski definition) is 1. The van der Waals surface area contributed by atoms with Crippen molar-refractivity contribution in [2.75, 3.05) is 5.32 Å². The van der Waals surface area contributed by atoms with E-state index in [2.05, 4.69) is 15.3 Å². The number of halogens is 3. The van der Waals surface area contributed by atoms with Crippen LogP contribution in [0.2, 0.25) is 0 Å². The number of aromatic nitrogens is 2. The van der Waals surface area contributed by atoms with Crippen LogP contribution in [0.5, 0.6) is 0 Å². The molecule has 1 unspecified atom stereocenters. The van der Waals surface area contributed by atoms with Crippen LogP contribution in [-0.4, -0.2) is 9.97 Å². The summed E-state index contributed by atoms with van der Waals surface area (Å²) in [6.45, 7) is 1.69. The smallest absolute Gasteiger partial charge is 0.182 e. The molecule has 0 aliphatic heterocycles. The molecule has 2 rings (SSSR count). The van der Waals surface area contributed by atoms with Crippen LogP contribution in [0.1, 0.15) is 18.7 Å². The van der Waals surface area contributed by atoms with Gasteiger partial charge in [-0.25, -0.2) is 13.2 Å². The van der Waals surface area contributed by atoms with Crippen molar-refractivity contribution in [3.05, 3.63) is 53.9 Å². The summed E-state index contributed by atoms with van der Waals surface area (Å²) in [6, 6.07) is 0.966. The Morgan fingerprint density at radius 2 is 1.94 bits per heavy atom. The molecule has 0 amide bonds. The monoisotopic (exact) mass is 253 g/mol. The number of anilines is 1. The van der Waals surface area contributed by atoms with Crippen molar-refractivity contribution in [2.24, 2.45) is 0 Å². The maximum Gasteiger partial charge on any atom is 0.182 e. The zero-order valence-corrected chi connectivity index (χ0v) is 9.49. The molecule has 0 saturated heterocycles. The quantitative estimate of drug-likeness (QED) is 0.854. The lowest BCUT2D eigenvalue weighted by Crippen LogP contribution is -2.10. The van der Waals surface area contributed by atoms with E-state index in [1.807, 2.05) is 0 Å². The van der Waals surface area contributed by atoms with Gasteiger partial charge >= 0.3 is 0 Å². The molecular weight excluding hydrogens is 243 g/mol. The van der Waals surface area contributed by atoms with Crippen molar-refractivity contribution >= 4 is 5.69 Å². The summed E-state index contributed by atoms with van der Waals surface area (Å²) >= 11 is 0. The van der Waals surface area contributed by atoms with Crippen molar-refractivity contribution in [1.29, 1.82) is 0 Å². The van der Waals surface area contributed by atoms with E-state index in [4.69, 9.17) is 0 Å². The predicted molar refractivity (Wildman–Crippen MR) is 60.4 cm³/mol. The number of rotatable bonds is 3. The molecule has 1 aromatic carbocycles. The summed E-state index contributed by atoms with van der Waals surface area (Å²) in [7, 11) is 0. The summed E-state index contributed by atoms with van der Waals surface area (Å²) in [5.74, 6) is -3.20. The minimum atomic E-state index is -1.23. The molecule has 18 heavy (non-hydrogen) atoms. The average molecular weight is 253 g/mol. The fourth-order valence-electron chi connectivity index (χ4n) is 1.50. The Morgan fingerprint density at radius 3 is 2.61 bits per heavy atom. The van der Waals surface area contributed by atoms with Gasteiger partial charge in [-0.1, -0.05) is 0 Å². The first-order chi connectivity index (χ1) is 8.58. The van der Waals surface area contributed by atoms with Crippen molar-refractivity contribution in [3.63, 3.8) is 0 Å². The molecule has 94 valence electrons. The second-order valence-electron chi connectivity index (χ2n) is 3.75. The van der Waals surface area contributed by atoms with E-state index in [0.29, 0.717) is 11.8 Å². The predicted octanol–water partition coefficient (Wildman–Crippen LogP) is 3.07. The van der Waals surface area contributed by atoms with Gasteiger partial charge in [-0.15, -0.1) is 0 Å². The Labute approximate surface area is 102 Å². The lowest BCUT2D eigenvalue weighted by atomic mass is 10.2. The third-order valence-electron chi connectivity index (χ3n) is 2.39. The molecule has 3 nitrogen and oxygen atoms in total. The fraction of sp³-hybridized carbons (Fsp3) is 0.167. The molecule has 2 aromatic rings. The molecule has 1 atom stereocenters. The minimum absolute atomic E-state index is 0.245. The third-order valence-corrected chi connectivity index (χ3v) is 2.39. The molecule has 1 heterocycles. The molecule has 0 aliphatic rings. The lowest BCUT2D eigenvalue weighted by molar-refractivity contribution is 0.496. The van der Waals surface area contributed by atoms with Crippen LogP contribution in [0.15, 0.2) is 30.7 Å². The Hall–Kier alpha value is -2.11. The first kappa shape index (κ1) is 12.3. The second-order valence-corrected chi connectivity index (χ2v) is 3.75. The largest absolute Gasteiger partial charge is 0.374 e. The molecule has 1 aromatic heterocycles. The maximum atomic E-state index is 13.4. The zero-order valence-electron chi connectivity index (χ0n) is 9.49. The van der Waals surface area contributed by atoms with Gasteiger partial charge in [-0.05, 0) is 6.92 Å². The summed E-state index contributed by atoms with van der Waals surface area (Å²) in [4.78, 5) is 7.87. The zero-order chi connectivity index (χ0) is 13.1. The van der Waals surface area contributed by atoms with Gasteiger partial charge in [0.2, 0.25) is 0 Å². The third kappa shape index (κ3) is 2.58. The Balaban J connectivity index is 2.24. The van der Waals surface area contributed by atoms with Crippen LogP contribution in [-0.2, 0) is 0 Å². The van der Waals surface area contributed by atoms with Crippen LogP contribution >= 0.6 is 0 Å². The molecule has 6 heteroatoms. The average Bonchev–Trinajstić information content (AvgIpc) is 2.36. The van der Waals surface area contributed by atoms with Gasteiger partial charge in [0.1, 0.15) is 5.82 Å². The van der Waals surface area contributed by atoms with Crippen molar-refractivity contribution < 1.29 is 13.2 Å². The van der Waals surface area contributed by atoms with Crippen molar-refractivity contribution in [2.45, 2.75) is 13.0 Å². The lowest BCUT2D eigenvalue weighted by Gasteiger charge is -2.15. The van der Waals surface area contributed by atoms with E-state index in [-0.39, 0.29) is 5.69 Å². The highest BCUT2D eigenvalue weighted by atomic mass is 19.2. The van der Waals surface area contributed by atoms with E-state index >= 15 is 0 Å². The number of nitrogens with one attached hydrogen (secondary N) is 1. The highest BCUT2D eigenvalue weighted by molar-refractivity contribution is 5.46. The molecule has 0 spiro atoms. The normalized spacial score (nSPS) is 12.2. The van der Waals surface area contributed by atoms with Gasteiger partial charge in [0.05, 0.1) is 23.6 Å². The molecule has 0 fully saturated rings. The van der Waals surface area contributed by atoms with E-state index in [0.717, 1.165) is 6.07 Å². The van der Waals surface area contributed by atoms with Gasteiger partial charge in [0.25, 0.3) is 0 Å². The summed E-state index contributed by atoms with van der Waals surface area (Å²) in [6.07, 6.45) is 4.47. The molecule has 0 saturated carbocycles. The summed E-state index contributed by atoms with van der Waals surface area (Å²) in [5.41, 5.74) is 0.298. The Morgan fingerprint density at radius 1 is 1.17 bits per heavy atom. The Bertz CT molecular complexity index is 546. The fourth-order valence-corrected chi connectivity index (χ4v) is 1.50. The molecule has 0 bridgehead atoms. The number of hydrogen-bond acceptors (Lipinski definition) is 3. The first-order valence-electron chi connectivity index (χ1n) is 5.25. The van der Waals surface area contributed by atoms with Crippen LogP contribution in [0.25, 0.3) is 0 Å². The van der Waals surface area contributed by atoms with Crippen LogP contribution in [0, 0.1) is 17.5 Å².